The molecule has 1 aliphatic rings. The first-order valence-corrected chi connectivity index (χ1v) is 7.00. The average Bonchev–Trinajstić information content (AvgIpc) is 2.39. The molecule has 1 rings (SSSR count). The second-order valence-corrected chi connectivity index (χ2v) is 5.30. The molecule has 1 unspecified atom stereocenters. The van der Waals surface area contributed by atoms with Crippen LogP contribution in [0.4, 0.5) is 0 Å². The molecule has 5 atom stereocenters. The summed E-state index contributed by atoms with van der Waals surface area (Å²) in [7, 11) is 0. The molecule has 7 nitrogen and oxygen atoms in total. The first-order chi connectivity index (χ1) is 9.35. The van der Waals surface area contributed by atoms with E-state index in [-0.39, 0.29) is 6.42 Å². The molecule has 0 saturated carbocycles. The molecule has 0 bridgehead atoms. The van der Waals surface area contributed by atoms with Crippen molar-refractivity contribution < 1.29 is 30.0 Å². The summed E-state index contributed by atoms with van der Waals surface area (Å²) >= 11 is 0. The van der Waals surface area contributed by atoms with Gasteiger partial charge in [0.1, 0.15) is 24.4 Å². The maximum absolute atomic E-state index is 11.2. The van der Waals surface area contributed by atoms with Crippen LogP contribution in [0.1, 0.15) is 39.5 Å². The Labute approximate surface area is 118 Å². The van der Waals surface area contributed by atoms with E-state index >= 15 is 0 Å². The largest absolute Gasteiger partial charge is 0.394 e. The van der Waals surface area contributed by atoms with Gasteiger partial charge in [-0.25, -0.2) is 0 Å². The highest BCUT2D eigenvalue weighted by atomic mass is 16.6. The van der Waals surface area contributed by atoms with Gasteiger partial charge in [0.05, 0.1) is 6.61 Å². The average molecular weight is 291 g/mol. The molecule has 1 amide bonds. The predicted molar refractivity (Wildman–Crippen MR) is 70.7 cm³/mol. The Morgan fingerprint density at radius 2 is 1.95 bits per heavy atom. The fraction of sp³-hybridized carbons (Fsp3) is 0.923. The predicted octanol–water partition coefficient (Wildman–Crippen LogP) is -1.13. The zero-order valence-corrected chi connectivity index (χ0v) is 12.0. The molecule has 1 saturated heterocycles. The lowest BCUT2D eigenvalue weighted by Gasteiger charge is -2.47. The number of hydrogen-bond acceptors (Lipinski definition) is 6. The van der Waals surface area contributed by atoms with E-state index in [0.29, 0.717) is 6.42 Å². The van der Waals surface area contributed by atoms with Crippen molar-refractivity contribution in [3.63, 3.8) is 0 Å². The van der Waals surface area contributed by atoms with E-state index in [9.17, 15) is 20.1 Å². The van der Waals surface area contributed by atoms with Crippen LogP contribution < -0.4 is 5.32 Å². The number of amides is 1. The fourth-order valence-corrected chi connectivity index (χ4v) is 2.49. The third-order valence-electron chi connectivity index (χ3n) is 3.59. The van der Waals surface area contributed by atoms with Gasteiger partial charge in [-0.1, -0.05) is 19.8 Å². The van der Waals surface area contributed by atoms with Crippen molar-refractivity contribution in [1.82, 2.24) is 5.32 Å². The summed E-state index contributed by atoms with van der Waals surface area (Å²) < 4.78 is 5.35. The minimum Gasteiger partial charge on any atom is -0.394 e. The molecular formula is C13H25NO6. The van der Waals surface area contributed by atoms with Crippen LogP contribution in [-0.4, -0.2) is 63.1 Å². The van der Waals surface area contributed by atoms with E-state index in [4.69, 9.17) is 9.84 Å². The molecule has 0 radical (unpaired) electrons. The number of aliphatic hydroxyl groups excluding tert-OH is 3. The molecule has 0 aliphatic carbocycles. The van der Waals surface area contributed by atoms with E-state index in [1.54, 1.807) is 0 Å². The van der Waals surface area contributed by atoms with E-state index in [1.807, 2.05) is 6.92 Å². The molecule has 1 aliphatic heterocycles. The van der Waals surface area contributed by atoms with Gasteiger partial charge in [0.2, 0.25) is 5.91 Å². The number of carbonyl (C=O) groups excluding carboxylic acids is 1. The van der Waals surface area contributed by atoms with Gasteiger partial charge in [0.25, 0.3) is 0 Å². The van der Waals surface area contributed by atoms with Crippen LogP contribution in [0.25, 0.3) is 0 Å². The van der Waals surface area contributed by atoms with Crippen LogP contribution in [0.3, 0.4) is 0 Å². The quantitative estimate of drug-likeness (QED) is 0.395. The van der Waals surface area contributed by atoms with Crippen molar-refractivity contribution in [2.24, 2.45) is 0 Å². The third-order valence-corrected chi connectivity index (χ3v) is 3.59. The molecule has 0 spiro atoms. The van der Waals surface area contributed by atoms with Crippen LogP contribution in [0.2, 0.25) is 0 Å². The van der Waals surface area contributed by atoms with Crippen molar-refractivity contribution in [3.8, 4) is 0 Å². The molecule has 0 aromatic heterocycles. The van der Waals surface area contributed by atoms with Crippen LogP contribution >= 0.6 is 0 Å². The van der Waals surface area contributed by atoms with Gasteiger partial charge in [0.15, 0.2) is 5.79 Å². The third kappa shape index (κ3) is 3.89. The van der Waals surface area contributed by atoms with Crippen molar-refractivity contribution in [3.05, 3.63) is 0 Å². The van der Waals surface area contributed by atoms with E-state index in [1.165, 1.54) is 6.92 Å². The van der Waals surface area contributed by atoms with Gasteiger partial charge in [-0.3, -0.25) is 4.79 Å². The normalized spacial score (nSPS) is 37.7. The maximum Gasteiger partial charge on any atom is 0.217 e. The summed E-state index contributed by atoms with van der Waals surface area (Å²) in [5, 5.41) is 42.0. The van der Waals surface area contributed by atoms with Crippen LogP contribution in [0.5, 0.6) is 0 Å². The fourth-order valence-electron chi connectivity index (χ4n) is 2.49. The lowest BCUT2D eigenvalue weighted by atomic mass is 9.87. The zero-order chi connectivity index (χ0) is 15.3. The molecule has 7 heteroatoms. The summed E-state index contributed by atoms with van der Waals surface area (Å²) in [6.07, 6.45) is -1.21. The Morgan fingerprint density at radius 1 is 1.30 bits per heavy atom. The van der Waals surface area contributed by atoms with Crippen LogP contribution in [-0.2, 0) is 9.53 Å². The molecule has 1 fully saturated rings. The Hall–Kier alpha value is -0.730. The highest BCUT2D eigenvalue weighted by Crippen LogP contribution is 2.32. The Balaban J connectivity index is 2.90. The number of ether oxygens (including phenoxy) is 1. The van der Waals surface area contributed by atoms with Crippen molar-refractivity contribution in [2.75, 3.05) is 6.61 Å². The number of aliphatic hydroxyl groups is 4. The van der Waals surface area contributed by atoms with Gasteiger partial charge in [0, 0.05) is 13.3 Å². The SMILES string of the molecule is CCCCCC1(O)O[C@H](CO)[C@@H](O)[C@H](O)[C@@H]1NC(C)=O. The second kappa shape index (κ2) is 7.33. The molecule has 1 heterocycles. The monoisotopic (exact) mass is 291 g/mol. The molecule has 0 aromatic carbocycles. The zero-order valence-electron chi connectivity index (χ0n) is 12.0. The van der Waals surface area contributed by atoms with Gasteiger partial charge in [-0.05, 0) is 6.42 Å². The maximum atomic E-state index is 11.2. The van der Waals surface area contributed by atoms with Gasteiger partial charge >= 0.3 is 0 Å². The van der Waals surface area contributed by atoms with Gasteiger partial charge in [-0.2, -0.15) is 0 Å². The van der Waals surface area contributed by atoms with Gasteiger partial charge in [-0.15, -0.1) is 0 Å². The highest BCUT2D eigenvalue weighted by molar-refractivity contribution is 5.73. The molecule has 118 valence electrons. The van der Waals surface area contributed by atoms with Crippen molar-refractivity contribution in [2.45, 2.75) is 69.7 Å². The topological polar surface area (TPSA) is 119 Å². The lowest BCUT2D eigenvalue weighted by molar-refractivity contribution is -0.321. The number of rotatable bonds is 6. The van der Waals surface area contributed by atoms with E-state index in [0.717, 1.165) is 12.8 Å². The van der Waals surface area contributed by atoms with Gasteiger partial charge < -0.3 is 30.5 Å². The smallest absolute Gasteiger partial charge is 0.217 e. The Kier molecular flexibility index (Phi) is 6.35. The number of carbonyl (C=O) groups is 1. The first kappa shape index (κ1) is 17.3. The molecular weight excluding hydrogens is 266 g/mol. The van der Waals surface area contributed by atoms with Crippen LogP contribution in [0.15, 0.2) is 0 Å². The first-order valence-electron chi connectivity index (χ1n) is 7.00. The standard InChI is InChI=1S/C13H25NO6/c1-3-4-5-6-13(19)12(14-8(2)16)11(18)10(17)9(7-15)20-13/h9-12,15,17-19H,3-7H2,1-2H3,(H,14,16)/t9-,10-,11+,12+,13?/m1/s1. The summed E-state index contributed by atoms with van der Waals surface area (Å²) in [5.41, 5.74) is 0. The van der Waals surface area contributed by atoms with E-state index < -0.39 is 42.7 Å². The van der Waals surface area contributed by atoms with E-state index in [2.05, 4.69) is 5.32 Å². The van der Waals surface area contributed by atoms with Crippen LogP contribution in [0, 0.1) is 0 Å². The molecule has 5 N–H and O–H groups in total. The number of nitrogens with one attached hydrogen (secondary N) is 1. The summed E-state index contributed by atoms with van der Waals surface area (Å²) in [6, 6.07) is -1.13. The van der Waals surface area contributed by atoms with Crippen molar-refractivity contribution in [1.29, 1.82) is 0 Å². The Bertz CT molecular complexity index is 326. The minimum absolute atomic E-state index is 0.200. The molecule has 20 heavy (non-hydrogen) atoms. The number of hydrogen-bond donors (Lipinski definition) is 5. The lowest BCUT2D eigenvalue weighted by Crippen LogP contribution is -2.70. The highest BCUT2D eigenvalue weighted by Gasteiger charge is 2.52. The Morgan fingerprint density at radius 3 is 2.45 bits per heavy atom. The second-order valence-electron chi connectivity index (χ2n) is 5.30. The summed E-state index contributed by atoms with van der Waals surface area (Å²) in [5.74, 6) is -2.24. The molecule has 0 aromatic rings. The summed E-state index contributed by atoms with van der Waals surface area (Å²) in [4.78, 5) is 11.2. The summed E-state index contributed by atoms with van der Waals surface area (Å²) in [6.45, 7) is 2.73. The number of unbranched alkanes of at least 4 members (excludes halogenated alkanes) is 2. The minimum atomic E-state index is -1.80. The van der Waals surface area contributed by atoms with Crippen molar-refractivity contribution >= 4 is 5.91 Å².